The van der Waals surface area contributed by atoms with Gasteiger partial charge < -0.3 is 5.73 Å². The van der Waals surface area contributed by atoms with Crippen molar-refractivity contribution in [1.29, 1.82) is 0 Å². The van der Waals surface area contributed by atoms with Gasteiger partial charge in [-0.2, -0.15) is 0 Å². The molecule has 0 aliphatic rings. The monoisotopic (exact) mass is 259 g/mol. The molecule has 0 amide bonds. The standard InChI is InChI=1S/C15H18FN3/c1-10(17)7-13-8-11(2)18-15(19-13)9-12-5-3-4-6-14(12)16/h3-6,8,10H,7,9,17H2,1-2H3. The number of hydrogen-bond donors (Lipinski definition) is 1. The van der Waals surface area contributed by atoms with Crippen molar-refractivity contribution in [3.8, 4) is 0 Å². The highest BCUT2D eigenvalue weighted by Crippen LogP contribution is 2.12. The quantitative estimate of drug-likeness (QED) is 0.917. The molecule has 1 atom stereocenters. The molecule has 2 N–H and O–H groups in total. The zero-order valence-corrected chi connectivity index (χ0v) is 11.2. The molecule has 100 valence electrons. The SMILES string of the molecule is Cc1cc(CC(C)N)nc(Cc2ccccc2F)n1. The molecule has 4 heteroatoms. The maximum Gasteiger partial charge on any atom is 0.133 e. The number of aromatic nitrogens is 2. The van der Waals surface area contributed by atoms with Gasteiger partial charge in [0.2, 0.25) is 0 Å². The third-order valence-electron chi connectivity index (χ3n) is 2.79. The van der Waals surface area contributed by atoms with Gasteiger partial charge in [0, 0.05) is 30.3 Å². The van der Waals surface area contributed by atoms with Gasteiger partial charge in [0.25, 0.3) is 0 Å². The number of nitrogens with two attached hydrogens (primary N) is 1. The summed E-state index contributed by atoms with van der Waals surface area (Å²) in [7, 11) is 0. The normalized spacial score (nSPS) is 12.4. The predicted octanol–water partition coefficient (Wildman–Crippen LogP) is 2.40. The van der Waals surface area contributed by atoms with Gasteiger partial charge in [0.15, 0.2) is 0 Å². The lowest BCUT2D eigenvalue weighted by atomic mass is 10.1. The van der Waals surface area contributed by atoms with Gasteiger partial charge in [-0.25, -0.2) is 14.4 Å². The van der Waals surface area contributed by atoms with Crippen molar-refractivity contribution in [2.45, 2.75) is 32.7 Å². The van der Waals surface area contributed by atoms with E-state index in [1.165, 1.54) is 6.07 Å². The van der Waals surface area contributed by atoms with Crippen molar-refractivity contribution in [3.05, 3.63) is 58.9 Å². The Hall–Kier alpha value is -1.81. The summed E-state index contributed by atoms with van der Waals surface area (Å²) in [6.07, 6.45) is 1.11. The highest BCUT2D eigenvalue weighted by molar-refractivity contribution is 5.22. The van der Waals surface area contributed by atoms with Crippen LogP contribution in [0.5, 0.6) is 0 Å². The van der Waals surface area contributed by atoms with E-state index in [2.05, 4.69) is 9.97 Å². The lowest BCUT2D eigenvalue weighted by molar-refractivity contribution is 0.611. The smallest absolute Gasteiger partial charge is 0.133 e. The van der Waals surface area contributed by atoms with Crippen LogP contribution in [0.3, 0.4) is 0 Å². The van der Waals surface area contributed by atoms with E-state index in [9.17, 15) is 4.39 Å². The Morgan fingerprint density at radius 1 is 1.26 bits per heavy atom. The van der Waals surface area contributed by atoms with Gasteiger partial charge in [-0.15, -0.1) is 0 Å². The number of hydrogen-bond acceptors (Lipinski definition) is 3. The van der Waals surface area contributed by atoms with Crippen molar-refractivity contribution >= 4 is 0 Å². The summed E-state index contributed by atoms with van der Waals surface area (Å²) in [4.78, 5) is 8.81. The van der Waals surface area contributed by atoms with Crippen LogP contribution in [0.4, 0.5) is 4.39 Å². The number of halogens is 1. The van der Waals surface area contributed by atoms with Crippen LogP contribution in [0.15, 0.2) is 30.3 Å². The molecule has 2 rings (SSSR count). The van der Waals surface area contributed by atoms with Crippen molar-refractivity contribution in [3.63, 3.8) is 0 Å². The number of benzene rings is 1. The summed E-state index contributed by atoms with van der Waals surface area (Å²) in [6.45, 7) is 3.85. The third-order valence-corrected chi connectivity index (χ3v) is 2.79. The van der Waals surface area contributed by atoms with Crippen LogP contribution in [0, 0.1) is 12.7 Å². The van der Waals surface area contributed by atoms with Gasteiger partial charge in [0.1, 0.15) is 11.6 Å². The van der Waals surface area contributed by atoms with E-state index >= 15 is 0 Å². The Bertz CT molecular complexity index is 567. The first-order valence-electron chi connectivity index (χ1n) is 6.37. The molecule has 1 heterocycles. The molecule has 1 unspecified atom stereocenters. The minimum Gasteiger partial charge on any atom is -0.328 e. The second kappa shape index (κ2) is 5.89. The summed E-state index contributed by atoms with van der Waals surface area (Å²) in [5.41, 5.74) is 8.19. The summed E-state index contributed by atoms with van der Waals surface area (Å²) in [5, 5.41) is 0. The predicted molar refractivity (Wildman–Crippen MR) is 73.3 cm³/mol. The molecule has 0 radical (unpaired) electrons. The fraction of sp³-hybridized carbons (Fsp3) is 0.333. The maximum absolute atomic E-state index is 13.6. The molecule has 0 bridgehead atoms. The van der Waals surface area contributed by atoms with E-state index in [4.69, 9.17) is 5.73 Å². The van der Waals surface area contributed by atoms with E-state index in [0.29, 0.717) is 24.2 Å². The molecule has 0 saturated heterocycles. The zero-order valence-electron chi connectivity index (χ0n) is 11.2. The van der Waals surface area contributed by atoms with Gasteiger partial charge in [-0.3, -0.25) is 0 Å². The van der Waals surface area contributed by atoms with Crippen molar-refractivity contribution < 1.29 is 4.39 Å². The van der Waals surface area contributed by atoms with Crippen LogP contribution in [-0.4, -0.2) is 16.0 Å². The Morgan fingerprint density at radius 2 is 2.00 bits per heavy atom. The number of nitrogens with zero attached hydrogens (tertiary/aromatic N) is 2. The van der Waals surface area contributed by atoms with E-state index in [1.807, 2.05) is 26.0 Å². The number of rotatable bonds is 4. The lowest BCUT2D eigenvalue weighted by Crippen LogP contribution is -2.19. The molecular weight excluding hydrogens is 241 g/mol. The topological polar surface area (TPSA) is 51.8 Å². The van der Waals surface area contributed by atoms with Crippen LogP contribution in [0.2, 0.25) is 0 Å². The highest BCUT2D eigenvalue weighted by atomic mass is 19.1. The van der Waals surface area contributed by atoms with Crippen LogP contribution in [-0.2, 0) is 12.8 Å². The molecule has 0 saturated carbocycles. The van der Waals surface area contributed by atoms with E-state index < -0.39 is 0 Å². The van der Waals surface area contributed by atoms with Crippen LogP contribution >= 0.6 is 0 Å². The Morgan fingerprint density at radius 3 is 2.68 bits per heavy atom. The summed E-state index contributed by atoms with van der Waals surface area (Å²) < 4.78 is 13.6. The highest BCUT2D eigenvalue weighted by Gasteiger charge is 2.08. The first kappa shape index (κ1) is 13.6. The largest absolute Gasteiger partial charge is 0.328 e. The van der Waals surface area contributed by atoms with Gasteiger partial charge in [0.05, 0.1) is 0 Å². The van der Waals surface area contributed by atoms with Crippen LogP contribution in [0.25, 0.3) is 0 Å². The molecule has 0 aliphatic carbocycles. The van der Waals surface area contributed by atoms with E-state index in [-0.39, 0.29) is 11.9 Å². The fourth-order valence-electron chi connectivity index (χ4n) is 2.03. The Labute approximate surface area is 112 Å². The van der Waals surface area contributed by atoms with Gasteiger partial charge in [-0.1, -0.05) is 18.2 Å². The Kier molecular flexibility index (Phi) is 4.22. The van der Waals surface area contributed by atoms with E-state index in [0.717, 1.165) is 11.4 Å². The zero-order chi connectivity index (χ0) is 13.8. The molecular formula is C15H18FN3. The van der Waals surface area contributed by atoms with Crippen LogP contribution < -0.4 is 5.73 Å². The maximum atomic E-state index is 13.6. The van der Waals surface area contributed by atoms with Gasteiger partial charge >= 0.3 is 0 Å². The van der Waals surface area contributed by atoms with Crippen LogP contribution in [0.1, 0.15) is 29.7 Å². The van der Waals surface area contributed by atoms with Gasteiger partial charge in [-0.05, 0) is 31.5 Å². The Balaban J connectivity index is 2.25. The summed E-state index contributed by atoms with van der Waals surface area (Å²) >= 11 is 0. The average molecular weight is 259 g/mol. The fourth-order valence-corrected chi connectivity index (χ4v) is 2.03. The first-order chi connectivity index (χ1) is 9.04. The molecule has 1 aromatic heterocycles. The minimum atomic E-state index is -0.221. The second-order valence-electron chi connectivity index (χ2n) is 4.87. The van der Waals surface area contributed by atoms with Crippen molar-refractivity contribution in [2.24, 2.45) is 5.73 Å². The summed E-state index contributed by atoms with van der Waals surface area (Å²) in [6, 6.07) is 8.68. The van der Waals surface area contributed by atoms with Crippen molar-refractivity contribution in [1.82, 2.24) is 9.97 Å². The average Bonchev–Trinajstić information content (AvgIpc) is 2.30. The molecule has 0 aliphatic heterocycles. The molecule has 0 spiro atoms. The molecule has 0 fully saturated rings. The van der Waals surface area contributed by atoms with Crippen molar-refractivity contribution in [2.75, 3.05) is 0 Å². The second-order valence-corrected chi connectivity index (χ2v) is 4.87. The summed E-state index contributed by atoms with van der Waals surface area (Å²) in [5.74, 6) is 0.419. The number of aryl methyl sites for hydroxylation is 1. The molecule has 19 heavy (non-hydrogen) atoms. The molecule has 1 aromatic carbocycles. The lowest BCUT2D eigenvalue weighted by Gasteiger charge is -2.08. The first-order valence-corrected chi connectivity index (χ1v) is 6.37. The molecule has 2 aromatic rings. The molecule has 3 nitrogen and oxygen atoms in total. The van der Waals surface area contributed by atoms with E-state index in [1.54, 1.807) is 12.1 Å². The minimum absolute atomic E-state index is 0.0515. The third kappa shape index (κ3) is 3.83.